The molecule has 0 aliphatic carbocycles. The van der Waals surface area contributed by atoms with E-state index in [2.05, 4.69) is 4.90 Å². The number of carboxylic acids is 1. The molecule has 0 bridgehead atoms. The standard InChI is InChI=1S/C18H26N2O4/c1-5-14-12-19(15-8-6-7-13(11-15)16(21)22)9-10-20(14)17(23)24-18(2,3)4/h6-8,11,14H,5,9-10,12H2,1-4H3,(H,21,22)/t14-/m1/s1. The normalized spacial score (nSPS) is 18.4. The molecule has 0 radical (unpaired) electrons. The first-order chi connectivity index (χ1) is 11.2. The van der Waals surface area contributed by atoms with Gasteiger partial charge in [0.05, 0.1) is 11.6 Å². The number of rotatable bonds is 3. The SMILES string of the molecule is CC[C@@H]1CN(c2cccc(C(=O)O)c2)CCN1C(=O)OC(C)(C)C. The summed E-state index contributed by atoms with van der Waals surface area (Å²) in [5.41, 5.74) is 0.634. The van der Waals surface area contributed by atoms with Crippen molar-refractivity contribution < 1.29 is 19.4 Å². The number of carboxylic acid groups (broad SMARTS) is 1. The number of piperazine rings is 1. The fourth-order valence-corrected chi connectivity index (χ4v) is 2.84. The largest absolute Gasteiger partial charge is 0.478 e. The van der Waals surface area contributed by atoms with Crippen molar-refractivity contribution in [1.29, 1.82) is 0 Å². The van der Waals surface area contributed by atoms with Crippen LogP contribution in [0.3, 0.4) is 0 Å². The topological polar surface area (TPSA) is 70.1 Å². The van der Waals surface area contributed by atoms with E-state index in [4.69, 9.17) is 9.84 Å². The molecule has 1 aromatic carbocycles. The maximum absolute atomic E-state index is 12.4. The number of aromatic carboxylic acids is 1. The Morgan fingerprint density at radius 1 is 1.29 bits per heavy atom. The molecular formula is C18H26N2O4. The molecule has 132 valence electrons. The second-order valence-corrected chi connectivity index (χ2v) is 7.04. The maximum Gasteiger partial charge on any atom is 0.410 e. The molecule has 1 aliphatic heterocycles. The predicted octanol–water partition coefficient (Wildman–Crippen LogP) is 3.22. The van der Waals surface area contributed by atoms with Crippen LogP contribution in [0.4, 0.5) is 10.5 Å². The van der Waals surface area contributed by atoms with Crippen LogP contribution in [-0.4, -0.2) is 53.3 Å². The number of anilines is 1. The first-order valence-electron chi connectivity index (χ1n) is 8.29. The first kappa shape index (κ1) is 18.1. The van der Waals surface area contributed by atoms with Gasteiger partial charge >= 0.3 is 12.1 Å². The third-order valence-corrected chi connectivity index (χ3v) is 4.04. The summed E-state index contributed by atoms with van der Waals surface area (Å²) in [7, 11) is 0. The molecule has 1 fully saturated rings. The lowest BCUT2D eigenvalue weighted by molar-refractivity contribution is 0.0136. The molecule has 24 heavy (non-hydrogen) atoms. The fraction of sp³-hybridized carbons (Fsp3) is 0.556. The van der Waals surface area contributed by atoms with Crippen LogP contribution in [-0.2, 0) is 4.74 Å². The monoisotopic (exact) mass is 334 g/mol. The third kappa shape index (κ3) is 4.40. The highest BCUT2D eigenvalue weighted by Crippen LogP contribution is 2.23. The molecule has 2 rings (SSSR count). The average molecular weight is 334 g/mol. The minimum atomic E-state index is -0.934. The minimum absolute atomic E-state index is 0.0436. The number of nitrogens with zero attached hydrogens (tertiary/aromatic N) is 2. The number of hydrogen-bond acceptors (Lipinski definition) is 4. The Bertz CT molecular complexity index is 609. The molecule has 1 heterocycles. The van der Waals surface area contributed by atoms with E-state index in [-0.39, 0.29) is 17.7 Å². The maximum atomic E-state index is 12.4. The average Bonchev–Trinajstić information content (AvgIpc) is 2.52. The first-order valence-corrected chi connectivity index (χ1v) is 8.29. The van der Waals surface area contributed by atoms with E-state index in [0.29, 0.717) is 19.6 Å². The summed E-state index contributed by atoms with van der Waals surface area (Å²) in [5.74, 6) is -0.934. The number of carbonyl (C=O) groups excluding carboxylic acids is 1. The van der Waals surface area contributed by atoms with Gasteiger partial charge in [0.25, 0.3) is 0 Å². The third-order valence-electron chi connectivity index (χ3n) is 4.04. The van der Waals surface area contributed by atoms with Gasteiger partial charge in [-0.15, -0.1) is 0 Å². The molecule has 1 N–H and O–H groups in total. The summed E-state index contributed by atoms with van der Waals surface area (Å²) in [5, 5.41) is 9.14. The predicted molar refractivity (Wildman–Crippen MR) is 92.6 cm³/mol. The van der Waals surface area contributed by atoms with Crippen LogP contribution >= 0.6 is 0 Å². The van der Waals surface area contributed by atoms with Gasteiger partial charge < -0.3 is 19.6 Å². The summed E-state index contributed by atoms with van der Waals surface area (Å²) in [6.07, 6.45) is 0.530. The van der Waals surface area contributed by atoms with Crippen molar-refractivity contribution in [3.8, 4) is 0 Å². The summed E-state index contributed by atoms with van der Waals surface area (Å²) >= 11 is 0. The Morgan fingerprint density at radius 2 is 2.00 bits per heavy atom. The quantitative estimate of drug-likeness (QED) is 0.919. The highest BCUT2D eigenvalue weighted by molar-refractivity contribution is 5.88. The summed E-state index contributed by atoms with van der Waals surface area (Å²) < 4.78 is 5.49. The Kier molecular flexibility index (Phi) is 5.36. The van der Waals surface area contributed by atoms with Gasteiger partial charge in [-0.3, -0.25) is 0 Å². The lowest BCUT2D eigenvalue weighted by Crippen LogP contribution is -2.56. The van der Waals surface area contributed by atoms with Crippen molar-refractivity contribution in [3.63, 3.8) is 0 Å². The highest BCUT2D eigenvalue weighted by Gasteiger charge is 2.32. The van der Waals surface area contributed by atoms with Crippen molar-refractivity contribution >= 4 is 17.7 Å². The van der Waals surface area contributed by atoms with Crippen LogP contribution in [0.25, 0.3) is 0 Å². The zero-order chi connectivity index (χ0) is 17.9. The molecule has 6 heteroatoms. The zero-order valence-electron chi connectivity index (χ0n) is 14.8. The lowest BCUT2D eigenvalue weighted by atomic mass is 10.1. The van der Waals surface area contributed by atoms with Crippen LogP contribution < -0.4 is 4.90 Å². The van der Waals surface area contributed by atoms with E-state index in [0.717, 1.165) is 12.1 Å². The number of hydrogen-bond donors (Lipinski definition) is 1. The minimum Gasteiger partial charge on any atom is -0.478 e. The number of benzene rings is 1. The van der Waals surface area contributed by atoms with Crippen molar-refractivity contribution in [1.82, 2.24) is 4.90 Å². The summed E-state index contributed by atoms with van der Waals surface area (Å²) in [6, 6.07) is 6.96. The number of ether oxygens (including phenoxy) is 1. The van der Waals surface area contributed by atoms with E-state index >= 15 is 0 Å². The van der Waals surface area contributed by atoms with Crippen LogP contribution in [0.2, 0.25) is 0 Å². The molecule has 1 saturated heterocycles. The Hall–Kier alpha value is -2.24. The number of carbonyl (C=O) groups is 2. The molecule has 1 amide bonds. The van der Waals surface area contributed by atoms with Crippen LogP contribution in [0.1, 0.15) is 44.5 Å². The Morgan fingerprint density at radius 3 is 2.58 bits per heavy atom. The van der Waals surface area contributed by atoms with E-state index in [1.807, 2.05) is 33.8 Å². The molecule has 6 nitrogen and oxygen atoms in total. The van der Waals surface area contributed by atoms with Crippen LogP contribution in [0, 0.1) is 0 Å². The Balaban J connectivity index is 2.11. The molecule has 1 atom stereocenters. The molecular weight excluding hydrogens is 308 g/mol. The van der Waals surface area contributed by atoms with E-state index in [1.54, 1.807) is 23.1 Å². The lowest BCUT2D eigenvalue weighted by Gasteiger charge is -2.42. The van der Waals surface area contributed by atoms with Gasteiger partial charge in [0.2, 0.25) is 0 Å². The molecule has 1 aliphatic rings. The van der Waals surface area contributed by atoms with Gasteiger partial charge in [-0.25, -0.2) is 9.59 Å². The van der Waals surface area contributed by atoms with Crippen molar-refractivity contribution in [2.45, 2.75) is 45.8 Å². The van der Waals surface area contributed by atoms with Crippen molar-refractivity contribution in [2.24, 2.45) is 0 Å². The second kappa shape index (κ2) is 7.11. The van der Waals surface area contributed by atoms with E-state index in [1.165, 1.54) is 0 Å². The van der Waals surface area contributed by atoms with Crippen molar-refractivity contribution in [2.75, 3.05) is 24.5 Å². The smallest absolute Gasteiger partial charge is 0.410 e. The summed E-state index contributed by atoms with van der Waals surface area (Å²) in [4.78, 5) is 27.4. The van der Waals surface area contributed by atoms with E-state index < -0.39 is 11.6 Å². The zero-order valence-corrected chi connectivity index (χ0v) is 14.8. The fourth-order valence-electron chi connectivity index (χ4n) is 2.84. The second-order valence-electron chi connectivity index (χ2n) is 7.04. The van der Waals surface area contributed by atoms with Gasteiger partial charge in [0.15, 0.2) is 0 Å². The molecule has 0 spiro atoms. The van der Waals surface area contributed by atoms with E-state index in [9.17, 15) is 9.59 Å². The molecule has 0 saturated carbocycles. The van der Waals surface area contributed by atoms with Gasteiger partial charge in [-0.2, -0.15) is 0 Å². The molecule has 0 unspecified atom stereocenters. The summed E-state index contributed by atoms with van der Waals surface area (Å²) in [6.45, 7) is 9.50. The van der Waals surface area contributed by atoms with Gasteiger partial charge in [0, 0.05) is 25.3 Å². The van der Waals surface area contributed by atoms with Crippen LogP contribution in [0.5, 0.6) is 0 Å². The molecule has 0 aromatic heterocycles. The molecule has 1 aromatic rings. The van der Waals surface area contributed by atoms with Gasteiger partial charge in [-0.1, -0.05) is 13.0 Å². The van der Waals surface area contributed by atoms with Gasteiger partial charge in [0.1, 0.15) is 5.60 Å². The van der Waals surface area contributed by atoms with Crippen molar-refractivity contribution in [3.05, 3.63) is 29.8 Å². The highest BCUT2D eigenvalue weighted by atomic mass is 16.6. The Labute approximate surface area is 143 Å². The van der Waals surface area contributed by atoms with Gasteiger partial charge in [-0.05, 0) is 45.4 Å². The van der Waals surface area contributed by atoms with Crippen LogP contribution in [0.15, 0.2) is 24.3 Å². The number of amides is 1.